The number of halogens is 1. The van der Waals surface area contributed by atoms with Crippen LogP contribution in [0.15, 0.2) is 35.3 Å². The molecule has 176 valence electrons. The van der Waals surface area contributed by atoms with Crippen molar-refractivity contribution in [3.63, 3.8) is 0 Å². The Hall–Kier alpha value is -2.53. The second-order valence-electron chi connectivity index (χ2n) is 11.2. The van der Waals surface area contributed by atoms with E-state index in [0.29, 0.717) is 0 Å². The molecule has 5 rings (SSSR count). The Morgan fingerprint density at radius 3 is 2.42 bits per heavy atom. The topological polar surface area (TPSA) is 51.1 Å². The van der Waals surface area contributed by atoms with Gasteiger partial charge in [-0.15, -0.1) is 12.4 Å². The Morgan fingerprint density at radius 2 is 1.79 bits per heavy atom. The highest BCUT2D eigenvalue weighted by Gasteiger charge is 2.45. The van der Waals surface area contributed by atoms with Crippen LogP contribution < -0.4 is 14.4 Å². The number of carbonyl (C=O) groups is 1. The fourth-order valence-electron chi connectivity index (χ4n) is 5.27. The van der Waals surface area contributed by atoms with Crippen molar-refractivity contribution >= 4 is 29.7 Å². The van der Waals surface area contributed by atoms with Crippen LogP contribution in [0.2, 0.25) is 0 Å². The normalized spacial score (nSPS) is 21.1. The van der Waals surface area contributed by atoms with E-state index in [2.05, 4.69) is 45.9 Å². The number of benzene rings is 2. The first-order chi connectivity index (χ1) is 14.9. The van der Waals surface area contributed by atoms with E-state index in [1.54, 1.807) is 7.11 Å². The Kier molecular flexibility index (Phi) is 5.36. The summed E-state index contributed by atoms with van der Waals surface area (Å²) in [7, 11) is 1.70. The highest BCUT2D eigenvalue weighted by Crippen LogP contribution is 2.48. The van der Waals surface area contributed by atoms with Crippen molar-refractivity contribution in [2.45, 2.75) is 65.5 Å². The molecule has 2 aromatic rings. The summed E-state index contributed by atoms with van der Waals surface area (Å²) < 4.78 is 12.0. The maximum Gasteiger partial charge on any atom is 0.234 e. The first-order valence-electron chi connectivity index (χ1n) is 11.4. The largest absolute Gasteiger partial charge is 0.493 e. The van der Waals surface area contributed by atoms with E-state index in [9.17, 15) is 4.79 Å². The molecule has 1 fully saturated rings. The van der Waals surface area contributed by atoms with E-state index in [-0.39, 0.29) is 34.9 Å². The molecule has 0 saturated carbocycles. The molecular weight excluding hydrogens is 436 g/mol. The molecule has 33 heavy (non-hydrogen) atoms. The summed E-state index contributed by atoms with van der Waals surface area (Å²) in [6, 6.07) is 10.4. The lowest BCUT2D eigenvalue weighted by Gasteiger charge is -2.44. The molecule has 3 aliphatic heterocycles. The number of hydrogen-bond donors (Lipinski definition) is 0. The Morgan fingerprint density at radius 1 is 1.06 bits per heavy atom. The third kappa shape index (κ3) is 3.80. The number of fused-ring (bicyclic) bond motifs is 3. The number of anilines is 1. The number of ether oxygens (including phenoxy) is 2. The smallest absolute Gasteiger partial charge is 0.234 e. The molecule has 6 heteroatoms. The highest BCUT2D eigenvalue weighted by molar-refractivity contribution is 6.17. The van der Waals surface area contributed by atoms with E-state index >= 15 is 0 Å². The van der Waals surface area contributed by atoms with Gasteiger partial charge in [-0.1, -0.05) is 12.1 Å². The Labute approximate surface area is 202 Å². The summed E-state index contributed by atoms with van der Waals surface area (Å²) >= 11 is 0. The SMILES string of the molecule is COc1cc2c(c3c1OC(C)(C)C3)C(c1cccc(N3CC(C)(C)C3=O)c1)=NC(C)(C)C2.Cl. The van der Waals surface area contributed by atoms with Gasteiger partial charge in [-0.2, -0.15) is 0 Å². The molecule has 3 heterocycles. The molecular formula is C27H33ClN2O3. The van der Waals surface area contributed by atoms with Crippen LogP contribution in [0.4, 0.5) is 5.69 Å². The number of rotatable bonds is 3. The maximum absolute atomic E-state index is 12.6. The zero-order chi connectivity index (χ0) is 23.1. The minimum Gasteiger partial charge on any atom is -0.493 e. The van der Waals surface area contributed by atoms with Gasteiger partial charge in [0, 0.05) is 35.3 Å². The van der Waals surface area contributed by atoms with Crippen molar-refractivity contribution in [3.8, 4) is 11.5 Å². The lowest BCUT2D eigenvalue weighted by molar-refractivity contribution is -0.132. The average Bonchev–Trinajstić information content (AvgIpc) is 3.04. The molecule has 5 nitrogen and oxygen atoms in total. The van der Waals surface area contributed by atoms with Crippen molar-refractivity contribution in [1.82, 2.24) is 0 Å². The van der Waals surface area contributed by atoms with E-state index in [0.717, 1.165) is 53.4 Å². The van der Waals surface area contributed by atoms with Crippen LogP contribution in [-0.4, -0.2) is 36.4 Å². The summed E-state index contributed by atoms with van der Waals surface area (Å²) in [4.78, 5) is 19.7. The lowest BCUT2D eigenvalue weighted by atomic mass is 9.80. The highest BCUT2D eigenvalue weighted by atomic mass is 35.5. The van der Waals surface area contributed by atoms with Crippen molar-refractivity contribution in [3.05, 3.63) is 52.6 Å². The number of carbonyl (C=O) groups excluding carboxylic acids is 1. The predicted octanol–water partition coefficient (Wildman–Crippen LogP) is 5.38. The van der Waals surface area contributed by atoms with Crippen molar-refractivity contribution in [2.24, 2.45) is 10.4 Å². The summed E-state index contributed by atoms with van der Waals surface area (Å²) in [6.45, 7) is 13.3. The zero-order valence-corrected chi connectivity index (χ0v) is 21.4. The van der Waals surface area contributed by atoms with Gasteiger partial charge < -0.3 is 14.4 Å². The molecule has 0 aromatic heterocycles. The van der Waals surface area contributed by atoms with Gasteiger partial charge in [-0.25, -0.2) is 0 Å². The number of hydrogen-bond acceptors (Lipinski definition) is 4. The van der Waals surface area contributed by atoms with Gasteiger partial charge in [-0.3, -0.25) is 9.79 Å². The molecule has 0 spiro atoms. The maximum atomic E-state index is 12.6. The molecule has 0 unspecified atom stereocenters. The quantitative estimate of drug-likeness (QED) is 0.568. The molecule has 0 N–H and O–H groups in total. The van der Waals surface area contributed by atoms with Gasteiger partial charge in [0.2, 0.25) is 5.91 Å². The molecule has 1 saturated heterocycles. The number of β-lactam (4-membered cyclic amide) rings is 1. The van der Waals surface area contributed by atoms with Gasteiger partial charge >= 0.3 is 0 Å². The molecule has 0 radical (unpaired) electrons. The van der Waals surface area contributed by atoms with E-state index in [1.807, 2.05) is 30.9 Å². The second-order valence-corrected chi connectivity index (χ2v) is 11.2. The average molecular weight is 469 g/mol. The van der Waals surface area contributed by atoms with Gasteiger partial charge in [-0.05, 0) is 71.7 Å². The predicted molar refractivity (Wildman–Crippen MR) is 135 cm³/mol. The summed E-state index contributed by atoms with van der Waals surface area (Å²) in [6.07, 6.45) is 1.65. The lowest BCUT2D eigenvalue weighted by Crippen LogP contribution is -2.58. The number of methoxy groups -OCH3 is 1. The van der Waals surface area contributed by atoms with Crippen molar-refractivity contribution < 1.29 is 14.3 Å². The second kappa shape index (κ2) is 7.49. The molecule has 0 aliphatic carbocycles. The van der Waals surface area contributed by atoms with Crippen LogP contribution in [0.1, 0.15) is 63.8 Å². The van der Waals surface area contributed by atoms with E-state index in [4.69, 9.17) is 14.5 Å². The number of nitrogens with zero attached hydrogens (tertiary/aromatic N) is 2. The Bertz CT molecular complexity index is 1180. The van der Waals surface area contributed by atoms with Crippen LogP contribution >= 0.6 is 12.4 Å². The molecule has 2 aromatic carbocycles. The van der Waals surface area contributed by atoms with Gasteiger partial charge in [0.05, 0.1) is 23.8 Å². The third-order valence-corrected chi connectivity index (χ3v) is 6.71. The first kappa shape index (κ1) is 23.6. The first-order valence-corrected chi connectivity index (χ1v) is 11.4. The number of amides is 1. The van der Waals surface area contributed by atoms with Crippen molar-refractivity contribution in [2.75, 3.05) is 18.6 Å². The minimum atomic E-state index is -0.291. The molecule has 0 atom stereocenters. The zero-order valence-electron chi connectivity index (χ0n) is 20.5. The van der Waals surface area contributed by atoms with Gasteiger partial charge in [0.25, 0.3) is 0 Å². The fourth-order valence-corrected chi connectivity index (χ4v) is 5.27. The number of aliphatic imine (C=N–C) groups is 1. The minimum absolute atomic E-state index is 0. The molecule has 1 amide bonds. The summed E-state index contributed by atoms with van der Waals surface area (Å²) in [5, 5.41) is 0. The third-order valence-electron chi connectivity index (χ3n) is 6.71. The van der Waals surface area contributed by atoms with E-state index < -0.39 is 0 Å². The van der Waals surface area contributed by atoms with Crippen LogP contribution in [-0.2, 0) is 17.6 Å². The fraction of sp³-hybridized carbons (Fsp3) is 0.481. The summed E-state index contributed by atoms with van der Waals surface area (Å²) in [5.74, 6) is 1.80. The molecule has 0 bridgehead atoms. The van der Waals surface area contributed by atoms with Crippen LogP contribution in [0.3, 0.4) is 0 Å². The monoisotopic (exact) mass is 468 g/mol. The Balaban J connectivity index is 0.00000259. The van der Waals surface area contributed by atoms with E-state index in [1.165, 1.54) is 11.1 Å². The van der Waals surface area contributed by atoms with Crippen LogP contribution in [0, 0.1) is 5.41 Å². The van der Waals surface area contributed by atoms with Crippen LogP contribution in [0.5, 0.6) is 11.5 Å². The standard InChI is InChI=1S/C27H32N2O3.ClH/c1-25(2)15-29(24(25)30)18-10-8-9-16(11-18)22-21-17(13-26(3,4)28-22)12-20(31-7)23-19(21)14-27(5,6)32-23;/h8-12H,13-15H2,1-7H3;1H. The van der Waals surface area contributed by atoms with Crippen molar-refractivity contribution in [1.29, 1.82) is 0 Å². The van der Waals surface area contributed by atoms with Gasteiger partial charge in [0.15, 0.2) is 11.5 Å². The molecule has 3 aliphatic rings. The van der Waals surface area contributed by atoms with Crippen LogP contribution in [0.25, 0.3) is 0 Å². The summed E-state index contributed by atoms with van der Waals surface area (Å²) in [5.41, 5.74) is 5.71. The van der Waals surface area contributed by atoms with Gasteiger partial charge in [0.1, 0.15) is 5.60 Å².